The highest BCUT2D eigenvalue weighted by Crippen LogP contribution is 2.20. The zero-order valence-electron chi connectivity index (χ0n) is 11.4. The molecule has 0 spiro atoms. The molecule has 0 bridgehead atoms. The molecule has 1 heterocycles. The summed E-state index contributed by atoms with van der Waals surface area (Å²) in [4.78, 5) is 4.41. The second kappa shape index (κ2) is 6.30. The number of pyridine rings is 1. The maximum absolute atomic E-state index is 12.4. The van der Waals surface area contributed by atoms with Crippen molar-refractivity contribution in [2.75, 3.05) is 6.54 Å². The number of hydrogen-bond acceptors (Lipinski definition) is 4. The van der Waals surface area contributed by atoms with E-state index in [0.717, 1.165) is 12.8 Å². The van der Waals surface area contributed by atoms with E-state index in [1.54, 1.807) is 36.5 Å². The summed E-state index contributed by atoms with van der Waals surface area (Å²) in [5.74, 6) is 0. The summed E-state index contributed by atoms with van der Waals surface area (Å²) in [5.41, 5.74) is 6.50. The number of rotatable bonds is 6. The van der Waals surface area contributed by atoms with Crippen molar-refractivity contribution in [3.63, 3.8) is 0 Å². The van der Waals surface area contributed by atoms with Crippen LogP contribution in [-0.2, 0) is 10.0 Å². The minimum atomic E-state index is -3.57. The number of sulfonamides is 1. The molecule has 0 amide bonds. The van der Waals surface area contributed by atoms with Gasteiger partial charge in [0.15, 0.2) is 0 Å². The van der Waals surface area contributed by atoms with Crippen LogP contribution in [-0.4, -0.2) is 26.0 Å². The Kier molecular flexibility index (Phi) is 4.69. The van der Waals surface area contributed by atoms with Crippen LogP contribution in [0.1, 0.15) is 19.8 Å². The van der Waals surface area contributed by atoms with E-state index in [0.29, 0.717) is 10.9 Å². The number of hydrogen-bond donors (Lipinski definition) is 2. The number of benzene rings is 1. The predicted molar refractivity (Wildman–Crippen MR) is 79.8 cm³/mol. The molecule has 0 radical (unpaired) electrons. The maximum atomic E-state index is 12.4. The molecular formula is C14H19N3O2S. The van der Waals surface area contributed by atoms with Gasteiger partial charge in [-0.05, 0) is 30.7 Å². The fraction of sp³-hybridized carbons (Fsp3) is 0.357. The summed E-state index contributed by atoms with van der Waals surface area (Å²) < 4.78 is 27.3. The first-order valence-electron chi connectivity index (χ1n) is 6.63. The molecule has 0 saturated carbocycles. The van der Waals surface area contributed by atoms with E-state index in [2.05, 4.69) is 9.71 Å². The smallest absolute Gasteiger partial charge is 0.241 e. The van der Waals surface area contributed by atoms with Gasteiger partial charge in [0.25, 0.3) is 0 Å². The second-order valence-electron chi connectivity index (χ2n) is 4.73. The fourth-order valence-corrected chi connectivity index (χ4v) is 3.39. The van der Waals surface area contributed by atoms with Crippen molar-refractivity contribution in [3.8, 4) is 0 Å². The Balaban J connectivity index is 2.28. The molecule has 0 aliphatic heterocycles. The van der Waals surface area contributed by atoms with Crippen LogP contribution in [0.2, 0.25) is 0 Å². The first-order valence-corrected chi connectivity index (χ1v) is 8.12. The van der Waals surface area contributed by atoms with Gasteiger partial charge in [0.1, 0.15) is 0 Å². The molecule has 1 atom stereocenters. The average Bonchev–Trinajstić information content (AvgIpc) is 2.45. The number of fused-ring (bicyclic) bond motifs is 1. The normalized spacial score (nSPS) is 13.5. The van der Waals surface area contributed by atoms with Gasteiger partial charge in [-0.2, -0.15) is 0 Å². The standard InChI is InChI=1S/C14H19N3O2S/c1-2-5-11(15)10-17-20(18,19)14-8-3-7-13-12(14)6-4-9-16-13/h3-4,6-9,11,17H,2,5,10,15H2,1H3. The van der Waals surface area contributed by atoms with E-state index in [9.17, 15) is 8.42 Å². The molecule has 1 unspecified atom stereocenters. The maximum Gasteiger partial charge on any atom is 0.241 e. The van der Waals surface area contributed by atoms with Crippen LogP contribution in [0.4, 0.5) is 0 Å². The van der Waals surface area contributed by atoms with Crippen LogP contribution in [0, 0.1) is 0 Å². The molecule has 5 nitrogen and oxygen atoms in total. The average molecular weight is 293 g/mol. The van der Waals surface area contributed by atoms with Gasteiger partial charge in [-0.3, -0.25) is 4.98 Å². The Morgan fingerprint density at radius 3 is 2.85 bits per heavy atom. The highest BCUT2D eigenvalue weighted by molar-refractivity contribution is 7.89. The van der Waals surface area contributed by atoms with Crippen LogP contribution >= 0.6 is 0 Å². The molecule has 20 heavy (non-hydrogen) atoms. The van der Waals surface area contributed by atoms with Gasteiger partial charge in [0.05, 0.1) is 10.4 Å². The lowest BCUT2D eigenvalue weighted by molar-refractivity contribution is 0.553. The van der Waals surface area contributed by atoms with Crippen molar-refractivity contribution >= 4 is 20.9 Å². The third kappa shape index (κ3) is 3.33. The van der Waals surface area contributed by atoms with Crippen LogP contribution in [0.5, 0.6) is 0 Å². The van der Waals surface area contributed by atoms with E-state index in [-0.39, 0.29) is 17.5 Å². The van der Waals surface area contributed by atoms with E-state index in [1.807, 2.05) is 6.92 Å². The van der Waals surface area contributed by atoms with E-state index >= 15 is 0 Å². The van der Waals surface area contributed by atoms with Crippen LogP contribution < -0.4 is 10.5 Å². The fourth-order valence-electron chi connectivity index (χ4n) is 2.08. The van der Waals surface area contributed by atoms with Gasteiger partial charge in [0.2, 0.25) is 10.0 Å². The molecular weight excluding hydrogens is 274 g/mol. The Morgan fingerprint density at radius 1 is 1.30 bits per heavy atom. The van der Waals surface area contributed by atoms with Crippen molar-refractivity contribution in [1.29, 1.82) is 0 Å². The zero-order valence-corrected chi connectivity index (χ0v) is 12.2. The first-order chi connectivity index (χ1) is 9.54. The molecule has 6 heteroatoms. The Morgan fingerprint density at radius 2 is 2.10 bits per heavy atom. The Bertz CT molecular complexity index is 680. The van der Waals surface area contributed by atoms with Gasteiger partial charge >= 0.3 is 0 Å². The number of aromatic nitrogens is 1. The van der Waals surface area contributed by atoms with Gasteiger partial charge in [-0.15, -0.1) is 0 Å². The SMILES string of the molecule is CCCC(N)CNS(=O)(=O)c1cccc2ncccc12. The van der Waals surface area contributed by atoms with Crippen molar-refractivity contribution in [2.45, 2.75) is 30.7 Å². The molecule has 2 rings (SSSR count). The van der Waals surface area contributed by atoms with Gasteiger partial charge in [-0.25, -0.2) is 13.1 Å². The third-order valence-electron chi connectivity index (χ3n) is 3.09. The highest BCUT2D eigenvalue weighted by Gasteiger charge is 2.18. The number of nitrogens with zero attached hydrogens (tertiary/aromatic N) is 1. The van der Waals surface area contributed by atoms with E-state index in [1.165, 1.54) is 0 Å². The van der Waals surface area contributed by atoms with Crippen molar-refractivity contribution in [1.82, 2.24) is 9.71 Å². The molecule has 1 aromatic heterocycles. The molecule has 3 N–H and O–H groups in total. The zero-order chi connectivity index (χ0) is 14.6. The monoisotopic (exact) mass is 293 g/mol. The minimum Gasteiger partial charge on any atom is -0.327 e. The molecule has 0 aliphatic rings. The van der Waals surface area contributed by atoms with Gasteiger partial charge in [-0.1, -0.05) is 19.4 Å². The quantitative estimate of drug-likeness (QED) is 0.848. The van der Waals surface area contributed by atoms with E-state index < -0.39 is 10.0 Å². The highest BCUT2D eigenvalue weighted by atomic mass is 32.2. The number of nitrogens with two attached hydrogens (primary N) is 1. The van der Waals surface area contributed by atoms with Crippen molar-refractivity contribution < 1.29 is 8.42 Å². The van der Waals surface area contributed by atoms with Crippen molar-refractivity contribution in [2.24, 2.45) is 5.73 Å². The topological polar surface area (TPSA) is 85.1 Å². The summed E-state index contributed by atoms with van der Waals surface area (Å²) in [6, 6.07) is 8.38. The summed E-state index contributed by atoms with van der Waals surface area (Å²) in [6.45, 7) is 2.26. The molecule has 2 aromatic rings. The summed E-state index contributed by atoms with van der Waals surface area (Å²) in [7, 11) is -3.57. The lowest BCUT2D eigenvalue weighted by Gasteiger charge is -2.13. The molecule has 0 aliphatic carbocycles. The van der Waals surface area contributed by atoms with Gasteiger partial charge in [0, 0.05) is 24.2 Å². The summed E-state index contributed by atoms with van der Waals surface area (Å²) in [5, 5.41) is 0.617. The van der Waals surface area contributed by atoms with Gasteiger partial charge < -0.3 is 5.73 Å². The molecule has 0 saturated heterocycles. The molecule has 0 fully saturated rings. The van der Waals surface area contributed by atoms with Crippen LogP contribution in [0.3, 0.4) is 0 Å². The third-order valence-corrected chi connectivity index (χ3v) is 4.57. The lowest BCUT2D eigenvalue weighted by atomic mass is 10.2. The second-order valence-corrected chi connectivity index (χ2v) is 6.46. The first kappa shape index (κ1) is 14.9. The van der Waals surface area contributed by atoms with Crippen molar-refractivity contribution in [3.05, 3.63) is 36.5 Å². The minimum absolute atomic E-state index is 0.164. The molecule has 1 aromatic carbocycles. The van der Waals surface area contributed by atoms with Crippen LogP contribution in [0.15, 0.2) is 41.4 Å². The Hall–Kier alpha value is -1.50. The lowest BCUT2D eigenvalue weighted by Crippen LogP contribution is -2.37. The molecule has 108 valence electrons. The summed E-state index contributed by atoms with van der Waals surface area (Å²) in [6.07, 6.45) is 3.37. The largest absolute Gasteiger partial charge is 0.327 e. The Labute approximate surface area is 119 Å². The predicted octanol–water partition coefficient (Wildman–Crippen LogP) is 1.64. The number of nitrogens with one attached hydrogen (secondary N) is 1. The summed E-state index contributed by atoms with van der Waals surface area (Å²) >= 11 is 0. The van der Waals surface area contributed by atoms with Crippen LogP contribution in [0.25, 0.3) is 10.9 Å². The van der Waals surface area contributed by atoms with E-state index in [4.69, 9.17) is 5.73 Å².